The summed E-state index contributed by atoms with van der Waals surface area (Å²) in [7, 11) is 0. The Bertz CT molecular complexity index is 1080. The fourth-order valence-electron chi connectivity index (χ4n) is 3.52. The zero-order valence-electron chi connectivity index (χ0n) is 17.0. The molecule has 0 unspecified atom stereocenters. The smallest absolute Gasteiger partial charge is 0.258 e. The lowest BCUT2D eigenvalue weighted by molar-refractivity contribution is -0.123. The van der Waals surface area contributed by atoms with Gasteiger partial charge in [-0.25, -0.2) is 0 Å². The monoisotopic (exact) mass is 387 g/mol. The van der Waals surface area contributed by atoms with Crippen LogP contribution in [0.2, 0.25) is 0 Å². The Morgan fingerprint density at radius 3 is 2.52 bits per heavy atom. The molecule has 1 heterocycles. The zero-order valence-corrected chi connectivity index (χ0v) is 17.0. The lowest BCUT2D eigenvalue weighted by atomic mass is 9.87. The molecule has 0 atom stereocenters. The molecule has 1 aliphatic heterocycles. The molecule has 0 saturated heterocycles. The molecular formula is C24H25N3O2. The van der Waals surface area contributed by atoms with Gasteiger partial charge in [0, 0.05) is 12.1 Å². The van der Waals surface area contributed by atoms with Crippen LogP contribution >= 0.6 is 0 Å². The number of nitrogens with one attached hydrogen (secondary N) is 1. The second kappa shape index (κ2) is 7.66. The average molecular weight is 387 g/mol. The number of carbonyl (C=O) groups is 1. The normalized spacial score (nSPS) is 12.8. The Morgan fingerprint density at radius 2 is 1.79 bits per heavy atom. The topological polar surface area (TPSA) is 63.0 Å². The van der Waals surface area contributed by atoms with Crippen LogP contribution in [-0.4, -0.2) is 12.5 Å². The van der Waals surface area contributed by atoms with Crippen molar-refractivity contribution in [2.24, 2.45) is 10.2 Å². The van der Waals surface area contributed by atoms with E-state index in [4.69, 9.17) is 4.74 Å². The van der Waals surface area contributed by atoms with Crippen LogP contribution in [0.15, 0.2) is 64.8 Å². The van der Waals surface area contributed by atoms with Crippen molar-refractivity contribution in [3.05, 3.63) is 71.3 Å². The van der Waals surface area contributed by atoms with Gasteiger partial charge >= 0.3 is 0 Å². The largest absolute Gasteiger partial charge is 0.484 e. The van der Waals surface area contributed by atoms with Crippen LogP contribution in [0.3, 0.4) is 0 Å². The molecule has 4 rings (SSSR count). The Balaban J connectivity index is 1.39. The molecule has 0 radical (unpaired) electrons. The molecular weight excluding hydrogens is 362 g/mol. The third-order valence-corrected chi connectivity index (χ3v) is 5.19. The molecule has 29 heavy (non-hydrogen) atoms. The summed E-state index contributed by atoms with van der Waals surface area (Å²) in [6.07, 6.45) is 0. The Morgan fingerprint density at radius 1 is 1.07 bits per heavy atom. The number of nitrogens with zero attached hydrogens (tertiary/aromatic N) is 2. The fraction of sp³-hybridized carbons (Fsp3) is 0.292. The minimum Gasteiger partial charge on any atom is -0.484 e. The number of azo groups is 1. The van der Waals surface area contributed by atoms with Crippen LogP contribution in [0.5, 0.6) is 5.75 Å². The molecule has 5 nitrogen and oxygen atoms in total. The van der Waals surface area contributed by atoms with Gasteiger partial charge in [0.25, 0.3) is 5.91 Å². The van der Waals surface area contributed by atoms with Crippen molar-refractivity contribution in [3.8, 4) is 5.75 Å². The molecule has 1 amide bonds. The van der Waals surface area contributed by atoms with Gasteiger partial charge in [-0.15, -0.1) is 0 Å². The van der Waals surface area contributed by atoms with E-state index in [-0.39, 0.29) is 17.9 Å². The third kappa shape index (κ3) is 4.14. The quantitative estimate of drug-likeness (QED) is 0.634. The average Bonchev–Trinajstić information content (AvgIpc) is 3.19. The summed E-state index contributed by atoms with van der Waals surface area (Å²) < 4.78 is 5.64. The molecule has 0 aromatic heterocycles. The number of benzene rings is 3. The summed E-state index contributed by atoms with van der Waals surface area (Å²) in [4.78, 5) is 12.3. The first-order chi connectivity index (χ1) is 13.9. The van der Waals surface area contributed by atoms with Gasteiger partial charge in [-0.3, -0.25) is 4.79 Å². The molecule has 0 aliphatic carbocycles. The Hall–Kier alpha value is -3.21. The lowest BCUT2D eigenvalue weighted by Crippen LogP contribution is -2.28. The lowest BCUT2D eigenvalue weighted by Gasteiger charge is -2.19. The molecule has 3 aromatic carbocycles. The summed E-state index contributed by atoms with van der Waals surface area (Å²) in [5.74, 6) is 0.535. The van der Waals surface area contributed by atoms with Crippen molar-refractivity contribution in [1.82, 2.24) is 5.32 Å². The van der Waals surface area contributed by atoms with E-state index in [0.717, 1.165) is 27.6 Å². The second-order valence-electron chi connectivity index (χ2n) is 8.32. The van der Waals surface area contributed by atoms with Gasteiger partial charge in [-0.2, -0.15) is 10.2 Å². The number of hydrogen-bond acceptors (Lipinski definition) is 4. The van der Waals surface area contributed by atoms with Crippen LogP contribution in [0, 0.1) is 0 Å². The zero-order chi connectivity index (χ0) is 20.4. The highest BCUT2D eigenvalue weighted by Crippen LogP contribution is 2.35. The fourth-order valence-corrected chi connectivity index (χ4v) is 3.52. The summed E-state index contributed by atoms with van der Waals surface area (Å²) >= 11 is 0. The minimum absolute atomic E-state index is 0.0164. The highest BCUT2D eigenvalue weighted by Gasteiger charge is 2.16. The number of rotatable bonds is 5. The van der Waals surface area contributed by atoms with E-state index in [9.17, 15) is 4.79 Å². The number of amides is 1. The van der Waals surface area contributed by atoms with Gasteiger partial charge in [0.1, 0.15) is 5.75 Å². The molecule has 5 heteroatoms. The number of ether oxygens (including phenoxy) is 1. The van der Waals surface area contributed by atoms with E-state index < -0.39 is 0 Å². The predicted molar refractivity (Wildman–Crippen MR) is 115 cm³/mol. The van der Waals surface area contributed by atoms with Crippen LogP contribution in [0.25, 0.3) is 10.8 Å². The van der Waals surface area contributed by atoms with Crippen LogP contribution in [-0.2, 0) is 23.3 Å². The molecule has 0 spiro atoms. The summed E-state index contributed by atoms with van der Waals surface area (Å²) in [5.41, 5.74) is 4.40. The molecule has 1 N–H and O–H groups in total. The maximum absolute atomic E-state index is 12.3. The first-order valence-corrected chi connectivity index (χ1v) is 9.83. The van der Waals surface area contributed by atoms with Gasteiger partial charge in [0.05, 0.1) is 12.2 Å². The molecule has 0 bridgehead atoms. The van der Waals surface area contributed by atoms with Crippen molar-refractivity contribution in [3.63, 3.8) is 0 Å². The van der Waals surface area contributed by atoms with Crippen LogP contribution < -0.4 is 10.1 Å². The second-order valence-corrected chi connectivity index (χ2v) is 8.32. The summed E-state index contributed by atoms with van der Waals surface area (Å²) in [6.45, 7) is 7.53. The van der Waals surface area contributed by atoms with Crippen LogP contribution in [0.1, 0.15) is 37.5 Å². The van der Waals surface area contributed by atoms with Gasteiger partial charge < -0.3 is 10.1 Å². The van der Waals surface area contributed by atoms with Gasteiger partial charge in [0.2, 0.25) is 0 Å². The third-order valence-electron chi connectivity index (χ3n) is 5.19. The van der Waals surface area contributed by atoms with Gasteiger partial charge in [-0.05, 0) is 45.5 Å². The first kappa shape index (κ1) is 19.1. The number of hydrogen-bond donors (Lipinski definition) is 1. The first-order valence-electron chi connectivity index (χ1n) is 9.83. The van der Waals surface area contributed by atoms with Crippen molar-refractivity contribution in [2.45, 2.75) is 39.3 Å². The van der Waals surface area contributed by atoms with E-state index in [1.165, 1.54) is 5.56 Å². The van der Waals surface area contributed by atoms with Gasteiger partial charge in [0.15, 0.2) is 6.61 Å². The maximum atomic E-state index is 12.3. The van der Waals surface area contributed by atoms with Crippen molar-refractivity contribution in [1.29, 1.82) is 0 Å². The van der Waals surface area contributed by atoms with Crippen molar-refractivity contribution >= 4 is 22.4 Å². The van der Waals surface area contributed by atoms with E-state index in [0.29, 0.717) is 18.8 Å². The Kier molecular flexibility index (Phi) is 5.05. The number of fused-ring (bicyclic) bond motifs is 3. The standard InChI is InChI=1S/C24H25N3O2/c1-24(2,3)17-8-10-18(11-9-17)29-15-23(28)25-13-16-12-22-21(14-26-27-22)20-7-5-4-6-19(16)20/h4-12H,13-15H2,1-3H3,(H,25,28). The number of carbonyl (C=O) groups excluding carboxylic acids is 1. The van der Waals surface area contributed by atoms with E-state index in [2.05, 4.69) is 48.4 Å². The summed E-state index contributed by atoms with van der Waals surface area (Å²) in [5, 5.41) is 13.6. The highest BCUT2D eigenvalue weighted by molar-refractivity contribution is 5.93. The van der Waals surface area contributed by atoms with Crippen molar-refractivity contribution < 1.29 is 9.53 Å². The van der Waals surface area contributed by atoms with E-state index >= 15 is 0 Å². The predicted octanol–water partition coefficient (Wildman–Crippen LogP) is 5.43. The highest BCUT2D eigenvalue weighted by atomic mass is 16.5. The Labute approximate surface area is 170 Å². The van der Waals surface area contributed by atoms with Gasteiger partial charge in [-0.1, -0.05) is 57.2 Å². The van der Waals surface area contributed by atoms with Crippen LogP contribution in [0.4, 0.5) is 5.69 Å². The molecule has 0 saturated carbocycles. The van der Waals surface area contributed by atoms with Crippen molar-refractivity contribution in [2.75, 3.05) is 6.61 Å². The molecule has 3 aromatic rings. The molecule has 1 aliphatic rings. The molecule has 0 fully saturated rings. The maximum Gasteiger partial charge on any atom is 0.258 e. The molecule has 148 valence electrons. The minimum atomic E-state index is -0.156. The summed E-state index contributed by atoms with van der Waals surface area (Å²) in [6, 6.07) is 18.1. The van der Waals surface area contributed by atoms with E-state index in [1.807, 2.05) is 42.5 Å². The SMILES string of the molecule is CC(C)(C)c1ccc(OCC(=O)NCc2cc3c(c4ccccc24)CN=N3)cc1. The van der Waals surface area contributed by atoms with E-state index in [1.54, 1.807) is 0 Å².